The number of halogens is 6. The van der Waals surface area contributed by atoms with Gasteiger partial charge < -0.3 is 15.0 Å². The summed E-state index contributed by atoms with van der Waals surface area (Å²) < 4.78 is 97.0. The summed E-state index contributed by atoms with van der Waals surface area (Å²) in [6, 6.07) is 3.24. The van der Waals surface area contributed by atoms with E-state index in [1.165, 1.54) is 28.6 Å². The molecule has 43 heavy (non-hydrogen) atoms. The first kappa shape index (κ1) is 34.5. The van der Waals surface area contributed by atoms with E-state index in [4.69, 9.17) is 11.6 Å². The van der Waals surface area contributed by atoms with Gasteiger partial charge in [-0.05, 0) is 43.9 Å². The van der Waals surface area contributed by atoms with Crippen LogP contribution in [0.5, 0.6) is 5.75 Å². The molecule has 0 spiro atoms. The number of carbonyl (C=O) groups excluding carboxylic acids is 2. The van der Waals surface area contributed by atoms with Gasteiger partial charge in [0.15, 0.2) is 15.5 Å². The van der Waals surface area contributed by atoms with E-state index in [2.05, 4.69) is 15.2 Å². The van der Waals surface area contributed by atoms with Gasteiger partial charge in [0.05, 0.1) is 21.4 Å². The summed E-state index contributed by atoms with van der Waals surface area (Å²) >= 11 is 6.56. The van der Waals surface area contributed by atoms with Crippen LogP contribution in [0, 0.1) is 5.41 Å². The van der Waals surface area contributed by atoms with Gasteiger partial charge in [0.1, 0.15) is 5.75 Å². The molecular formula is C27H34ClF5N4O5S. The summed E-state index contributed by atoms with van der Waals surface area (Å²) in [5, 5.41) is 5.97. The van der Waals surface area contributed by atoms with E-state index in [1.54, 1.807) is 6.92 Å². The van der Waals surface area contributed by atoms with Crippen molar-refractivity contribution in [1.82, 2.24) is 20.0 Å². The maximum absolute atomic E-state index is 13.4. The Balaban J connectivity index is 1.91. The minimum Gasteiger partial charge on any atom is -0.434 e. The normalized spacial score (nSPS) is 18.2. The smallest absolute Gasteiger partial charge is 0.394 e. The number of benzene rings is 1. The lowest BCUT2D eigenvalue weighted by molar-refractivity contribution is -0.211. The van der Waals surface area contributed by atoms with Crippen LogP contribution in [0.25, 0.3) is 11.3 Å². The monoisotopic (exact) mass is 656 g/mol. The first-order valence-electron chi connectivity index (χ1n) is 13.4. The number of aromatic nitrogens is 2. The second-order valence-electron chi connectivity index (χ2n) is 11.2. The van der Waals surface area contributed by atoms with Gasteiger partial charge >= 0.3 is 12.8 Å². The Kier molecular flexibility index (Phi) is 10.4. The van der Waals surface area contributed by atoms with Gasteiger partial charge in [-0.3, -0.25) is 14.3 Å². The van der Waals surface area contributed by atoms with Crippen molar-refractivity contribution >= 4 is 33.3 Å². The average molecular weight is 657 g/mol. The minimum absolute atomic E-state index is 0.00545. The average Bonchev–Trinajstić information content (AvgIpc) is 3.21. The van der Waals surface area contributed by atoms with Crippen LogP contribution in [-0.4, -0.2) is 78.3 Å². The summed E-state index contributed by atoms with van der Waals surface area (Å²) in [6.45, 7) is 1.77. The number of hydrogen-bond acceptors (Lipinski definition) is 6. The Morgan fingerprint density at radius 2 is 1.86 bits per heavy atom. The number of likely N-dealkylation sites (tertiary alicyclic amines) is 1. The molecule has 1 saturated heterocycles. The van der Waals surface area contributed by atoms with Gasteiger partial charge in [-0.25, -0.2) is 8.42 Å². The molecule has 0 radical (unpaired) electrons. The predicted molar refractivity (Wildman–Crippen MR) is 150 cm³/mol. The molecule has 0 aliphatic carbocycles. The van der Waals surface area contributed by atoms with E-state index in [-0.39, 0.29) is 53.1 Å². The van der Waals surface area contributed by atoms with Crippen LogP contribution in [0.3, 0.4) is 0 Å². The van der Waals surface area contributed by atoms with Gasteiger partial charge in [0.2, 0.25) is 5.91 Å². The van der Waals surface area contributed by atoms with E-state index < -0.39 is 57.4 Å². The SMILES string of the molecule is CCn1nc(C(=O)NC[C@H]2CC[C@H](S(C)(=O)=O)CN2C(C)=O)c(Cl)c1-c1ccc(CC(C)(C)C(F)(F)F)cc1OC(F)F. The van der Waals surface area contributed by atoms with Crippen molar-refractivity contribution in [1.29, 1.82) is 0 Å². The molecule has 2 amide bonds. The van der Waals surface area contributed by atoms with Crippen LogP contribution in [0.1, 0.15) is 56.6 Å². The van der Waals surface area contributed by atoms with Crippen LogP contribution in [0.2, 0.25) is 5.02 Å². The number of rotatable bonds is 10. The third kappa shape index (κ3) is 7.97. The Morgan fingerprint density at radius 1 is 1.21 bits per heavy atom. The highest BCUT2D eigenvalue weighted by Gasteiger charge is 2.47. The molecule has 2 heterocycles. The molecule has 1 N–H and O–H groups in total. The third-order valence-electron chi connectivity index (χ3n) is 7.51. The predicted octanol–water partition coefficient (Wildman–Crippen LogP) is 5.11. The molecule has 1 aliphatic rings. The topological polar surface area (TPSA) is 111 Å². The molecule has 16 heteroatoms. The molecule has 2 atom stereocenters. The maximum Gasteiger partial charge on any atom is 0.394 e. The molecule has 1 fully saturated rings. The summed E-state index contributed by atoms with van der Waals surface area (Å²) in [5.74, 6) is -1.52. The number of aryl methyl sites for hydroxylation is 1. The highest BCUT2D eigenvalue weighted by atomic mass is 35.5. The van der Waals surface area contributed by atoms with Crippen molar-refractivity contribution in [3.05, 3.63) is 34.5 Å². The first-order chi connectivity index (χ1) is 19.8. The van der Waals surface area contributed by atoms with Crippen LogP contribution in [0.4, 0.5) is 22.0 Å². The van der Waals surface area contributed by atoms with Crippen LogP contribution < -0.4 is 10.1 Å². The second-order valence-corrected chi connectivity index (χ2v) is 13.9. The quantitative estimate of drug-likeness (QED) is 0.356. The summed E-state index contributed by atoms with van der Waals surface area (Å²) in [5.41, 5.74) is -2.26. The molecule has 0 bridgehead atoms. The lowest BCUT2D eigenvalue weighted by Gasteiger charge is -2.38. The summed E-state index contributed by atoms with van der Waals surface area (Å²) in [6.07, 6.45) is -3.31. The van der Waals surface area contributed by atoms with Gasteiger partial charge in [0.25, 0.3) is 5.91 Å². The fraction of sp³-hybridized carbons (Fsp3) is 0.593. The molecule has 1 aliphatic heterocycles. The van der Waals surface area contributed by atoms with Crippen LogP contribution in [-0.2, 0) is 27.6 Å². The first-order valence-corrected chi connectivity index (χ1v) is 15.8. The van der Waals surface area contributed by atoms with E-state index in [0.29, 0.717) is 12.8 Å². The lowest BCUT2D eigenvalue weighted by Crippen LogP contribution is -2.53. The molecule has 9 nitrogen and oxygen atoms in total. The zero-order valence-corrected chi connectivity index (χ0v) is 25.8. The van der Waals surface area contributed by atoms with Crippen LogP contribution in [0.15, 0.2) is 18.2 Å². The molecular weight excluding hydrogens is 623 g/mol. The van der Waals surface area contributed by atoms with Gasteiger partial charge in [-0.15, -0.1) is 0 Å². The number of piperidine rings is 1. The second kappa shape index (κ2) is 13.0. The highest BCUT2D eigenvalue weighted by Crippen LogP contribution is 2.43. The lowest BCUT2D eigenvalue weighted by atomic mass is 9.84. The molecule has 1 aromatic carbocycles. The van der Waals surface area contributed by atoms with E-state index >= 15 is 0 Å². The highest BCUT2D eigenvalue weighted by molar-refractivity contribution is 7.91. The van der Waals surface area contributed by atoms with Gasteiger partial charge in [-0.2, -0.15) is 27.1 Å². The Bertz CT molecular complexity index is 1460. The Hall–Kier alpha value is -2.94. The maximum atomic E-state index is 13.4. The van der Waals surface area contributed by atoms with E-state index in [9.17, 15) is 40.0 Å². The number of amides is 2. The molecule has 2 aromatic rings. The van der Waals surface area contributed by atoms with E-state index in [1.807, 2.05) is 0 Å². The number of carbonyl (C=O) groups is 2. The fourth-order valence-corrected chi connectivity index (χ4v) is 6.30. The Labute approximate surface area is 251 Å². The summed E-state index contributed by atoms with van der Waals surface area (Å²) in [4.78, 5) is 26.8. The standard InChI is InChI=1S/C27H34ClF5N4O5S/c1-6-37-23(19-10-7-16(11-20(19)42-25(29)30)12-26(3,4)27(31,32)33)21(28)22(35-37)24(39)34-13-17-8-9-18(43(5,40)41)14-36(17)15(2)38/h7,10-11,17-18,25H,6,8-9,12-14H2,1-5H3,(H,34,39)/t17-,18+/m1/s1. The number of nitrogens with zero attached hydrogens (tertiary/aromatic N) is 3. The summed E-state index contributed by atoms with van der Waals surface area (Å²) in [7, 11) is -3.38. The number of nitrogens with one attached hydrogen (secondary N) is 1. The zero-order valence-electron chi connectivity index (χ0n) is 24.3. The molecule has 3 rings (SSSR count). The van der Waals surface area contributed by atoms with Crippen LogP contribution >= 0.6 is 11.6 Å². The molecule has 240 valence electrons. The third-order valence-corrected chi connectivity index (χ3v) is 9.46. The largest absolute Gasteiger partial charge is 0.434 e. The zero-order chi connectivity index (χ0) is 32.5. The number of ether oxygens (including phenoxy) is 1. The van der Waals surface area contributed by atoms with Gasteiger partial charge in [-0.1, -0.05) is 31.5 Å². The van der Waals surface area contributed by atoms with Crippen molar-refractivity contribution in [3.63, 3.8) is 0 Å². The number of sulfone groups is 1. The number of alkyl halides is 5. The number of hydrogen-bond donors (Lipinski definition) is 1. The van der Waals surface area contributed by atoms with Crippen molar-refractivity contribution < 1.29 is 44.7 Å². The molecule has 0 unspecified atom stereocenters. The molecule has 0 saturated carbocycles. The van der Waals surface area contributed by atoms with Crippen molar-refractivity contribution in [3.8, 4) is 17.0 Å². The fourth-order valence-electron chi connectivity index (χ4n) is 4.98. The van der Waals surface area contributed by atoms with Crippen molar-refractivity contribution in [2.24, 2.45) is 5.41 Å². The Morgan fingerprint density at radius 3 is 2.40 bits per heavy atom. The van der Waals surface area contributed by atoms with Crippen molar-refractivity contribution in [2.75, 3.05) is 19.3 Å². The molecule has 1 aromatic heterocycles. The van der Waals surface area contributed by atoms with Gasteiger partial charge in [0, 0.05) is 44.4 Å². The van der Waals surface area contributed by atoms with Crippen molar-refractivity contribution in [2.45, 2.75) is 77.6 Å². The minimum atomic E-state index is -4.55. The van der Waals surface area contributed by atoms with E-state index in [0.717, 1.165) is 26.2 Å².